The Morgan fingerprint density at radius 1 is 0.641 bits per heavy atom. The van der Waals surface area contributed by atoms with Crippen LogP contribution in [0.4, 0.5) is 0 Å². The van der Waals surface area contributed by atoms with Crippen LogP contribution in [0.15, 0.2) is 69.3 Å². The standard InChI is InChI=1S/C22H20N8O4S5/c31-15(25-27-19(35)23-17(33)13-7-3-1-4-8-13)11-37-21-29-30-22(39-21)38-12-16(32)26-28-20(36)24-18(34)14-9-5-2-6-10-14/h1-10H,11-12H2,(H,25,31)(H,26,32)(H2,23,27,33,35)(H2,24,28,34,36). The summed E-state index contributed by atoms with van der Waals surface area (Å²) in [5, 5.41) is 12.8. The second-order valence-corrected chi connectivity index (χ2v) is 11.3. The van der Waals surface area contributed by atoms with Crippen molar-refractivity contribution in [2.24, 2.45) is 0 Å². The number of rotatable bonds is 8. The molecule has 3 aromatic rings. The first-order chi connectivity index (χ1) is 18.8. The smallest absolute Gasteiger partial charge is 0.257 e. The van der Waals surface area contributed by atoms with Gasteiger partial charge >= 0.3 is 0 Å². The summed E-state index contributed by atoms with van der Waals surface area (Å²) in [5.41, 5.74) is 10.6. The number of hydrogen-bond acceptors (Lipinski definition) is 11. The van der Waals surface area contributed by atoms with E-state index in [4.69, 9.17) is 24.4 Å². The fourth-order valence-electron chi connectivity index (χ4n) is 2.49. The molecule has 0 saturated heterocycles. The number of hydrogen-bond donors (Lipinski definition) is 6. The van der Waals surface area contributed by atoms with E-state index in [2.05, 4.69) is 42.5 Å². The van der Waals surface area contributed by atoms with Crippen molar-refractivity contribution in [1.29, 1.82) is 0 Å². The van der Waals surface area contributed by atoms with Gasteiger partial charge in [-0.3, -0.25) is 51.5 Å². The fourth-order valence-corrected chi connectivity index (χ4v) is 5.39. The van der Waals surface area contributed by atoms with Crippen molar-refractivity contribution in [2.45, 2.75) is 8.68 Å². The van der Waals surface area contributed by atoms with Crippen LogP contribution in [0.1, 0.15) is 20.7 Å². The highest BCUT2D eigenvalue weighted by atomic mass is 32.2. The van der Waals surface area contributed by atoms with E-state index >= 15 is 0 Å². The maximum Gasteiger partial charge on any atom is 0.257 e. The van der Waals surface area contributed by atoms with E-state index in [1.165, 1.54) is 11.3 Å². The first-order valence-corrected chi connectivity index (χ1v) is 14.4. The number of carbonyl (C=O) groups is 4. The SMILES string of the molecule is O=C(CSc1nnc(SCC(=O)NNC(=S)NC(=O)c2ccccc2)s1)NNC(=S)NC(=O)c1ccccc1. The van der Waals surface area contributed by atoms with Crippen molar-refractivity contribution in [3.63, 3.8) is 0 Å². The van der Waals surface area contributed by atoms with Gasteiger partial charge in [-0.15, -0.1) is 10.2 Å². The first-order valence-electron chi connectivity index (χ1n) is 10.8. The number of hydrazine groups is 2. The molecule has 0 aliphatic heterocycles. The Morgan fingerprint density at radius 2 is 1.03 bits per heavy atom. The molecule has 4 amide bonds. The molecule has 3 rings (SSSR count). The normalized spacial score (nSPS) is 10.1. The maximum absolute atomic E-state index is 12.1. The number of amides is 4. The van der Waals surface area contributed by atoms with Gasteiger partial charge in [-0.05, 0) is 48.7 Å². The Morgan fingerprint density at radius 3 is 1.41 bits per heavy atom. The maximum atomic E-state index is 12.1. The van der Waals surface area contributed by atoms with E-state index in [1.807, 2.05) is 0 Å². The van der Waals surface area contributed by atoms with Crippen LogP contribution in [0.5, 0.6) is 0 Å². The van der Waals surface area contributed by atoms with Gasteiger partial charge < -0.3 is 0 Å². The zero-order valence-electron chi connectivity index (χ0n) is 19.8. The summed E-state index contributed by atoms with van der Waals surface area (Å²) in [6.07, 6.45) is 0. The molecule has 0 saturated carbocycles. The summed E-state index contributed by atoms with van der Waals surface area (Å²) >= 11 is 13.5. The molecule has 0 spiro atoms. The molecule has 6 N–H and O–H groups in total. The van der Waals surface area contributed by atoms with Crippen LogP contribution >= 0.6 is 59.3 Å². The van der Waals surface area contributed by atoms with E-state index in [0.29, 0.717) is 19.8 Å². The molecule has 0 radical (unpaired) electrons. The third-order valence-corrected chi connectivity index (χ3v) is 7.80. The Balaban J connectivity index is 1.29. The summed E-state index contributed by atoms with van der Waals surface area (Å²) in [5.74, 6) is -1.59. The van der Waals surface area contributed by atoms with Crippen LogP contribution in [0, 0.1) is 0 Å². The van der Waals surface area contributed by atoms with Crippen molar-refractivity contribution in [3.8, 4) is 0 Å². The average molecular weight is 621 g/mol. The Kier molecular flexibility index (Phi) is 12.0. The van der Waals surface area contributed by atoms with Crippen molar-refractivity contribution >= 4 is 93.1 Å². The lowest BCUT2D eigenvalue weighted by Gasteiger charge is -2.10. The Bertz CT molecular complexity index is 1240. The quantitative estimate of drug-likeness (QED) is 0.122. The number of benzene rings is 2. The lowest BCUT2D eigenvalue weighted by atomic mass is 10.2. The molecule has 1 aromatic heterocycles. The van der Waals surface area contributed by atoms with Gasteiger partial charge in [0.25, 0.3) is 11.8 Å². The lowest BCUT2D eigenvalue weighted by molar-refractivity contribution is -0.119. The minimum absolute atomic E-state index is 0.0120. The van der Waals surface area contributed by atoms with E-state index in [1.54, 1.807) is 60.7 Å². The van der Waals surface area contributed by atoms with Gasteiger partial charge in [-0.25, -0.2) is 0 Å². The van der Waals surface area contributed by atoms with Crippen LogP contribution in [0.25, 0.3) is 0 Å². The molecule has 0 fully saturated rings. The predicted molar refractivity (Wildman–Crippen MR) is 157 cm³/mol. The van der Waals surface area contributed by atoms with Gasteiger partial charge in [0.1, 0.15) is 0 Å². The number of aromatic nitrogens is 2. The number of thiocarbonyl (C=S) groups is 2. The molecular weight excluding hydrogens is 601 g/mol. The Hall–Kier alpha value is -3.64. The molecule has 0 aliphatic carbocycles. The third-order valence-electron chi connectivity index (χ3n) is 4.20. The third kappa shape index (κ3) is 10.9. The molecule has 17 heteroatoms. The largest absolute Gasteiger partial charge is 0.298 e. The van der Waals surface area contributed by atoms with Crippen molar-refractivity contribution < 1.29 is 19.2 Å². The average Bonchev–Trinajstić information content (AvgIpc) is 3.41. The summed E-state index contributed by atoms with van der Waals surface area (Å²) in [7, 11) is 0. The monoisotopic (exact) mass is 620 g/mol. The molecule has 39 heavy (non-hydrogen) atoms. The minimum atomic E-state index is -0.405. The first kappa shape index (κ1) is 29.9. The molecule has 2 aromatic carbocycles. The van der Waals surface area contributed by atoms with Gasteiger partial charge in [0.2, 0.25) is 11.8 Å². The van der Waals surface area contributed by atoms with Gasteiger partial charge in [0.05, 0.1) is 11.5 Å². The topological polar surface area (TPSA) is 166 Å². The molecule has 1 heterocycles. The summed E-state index contributed by atoms with van der Waals surface area (Å²) in [6.45, 7) is 0. The van der Waals surface area contributed by atoms with E-state index in [9.17, 15) is 19.2 Å². The summed E-state index contributed by atoms with van der Waals surface area (Å²) in [4.78, 5) is 48.2. The van der Waals surface area contributed by atoms with E-state index in [-0.39, 0.29) is 21.7 Å². The molecule has 12 nitrogen and oxygen atoms in total. The number of nitrogens with one attached hydrogen (secondary N) is 6. The molecule has 0 bridgehead atoms. The highest BCUT2D eigenvalue weighted by molar-refractivity contribution is 8.03. The van der Waals surface area contributed by atoms with E-state index < -0.39 is 23.6 Å². The molecule has 202 valence electrons. The van der Waals surface area contributed by atoms with Crippen molar-refractivity contribution in [3.05, 3.63) is 71.8 Å². The van der Waals surface area contributed by atoms with Gasteiger partial charge in [-0.2, -0.15) is 0 Å². The summed E-state index contributed by atoms with van der Waals surface area (Å²) in [6, 6.07) is 17.0. The minimum Gasteiger partial charge on any atom is -0.298 e. The van der Waals surface area contributed by atoms with Crippen LogP contribution in [-0.4, -0.2) is 55.6 Å². The highest BCUT2D eigenvalue weighted by Crippen LogP contribution is 2.28. The zero-order chi connectivity index (χ0) is 28.0. The lowest BCUT2D eigenvalue weighted by Crippen LogP contribution is -2.49. The van der Waals surface area contributed by atoms with Crippen molar-refractivity contribution in [2.75, 3.05) is 11.5 Å². The molecule has 0 atom stereocenters. The number of carbonyl (C=O) groups excluding carboxylic acids is 4. The highest BCUT2D eigenvalue weighted by Gasteiger charge is 2.13. The summed E-state index contributed by atoms with van der Waals surface area (Å²) < 4.78 is 1.05. The predicted octanol–water partition coefficient (Wildman–Crippen LogP) is 1.39. The molecule has 0 unspecified atom stereocenters. The van der Waals surface area contributed by atoms with Gasteiger partial charge in [0.15, 0.2) is 18.9 Å². The van der Waals surface area contributed by atoms with E-state index in [0.717, 1.165) is 23.5 Å². The second kappa shape index (κ2) is 15.7. The van der Waals surface area contributed by atoms with Gasteiger partial charge in [0, 0.05) is 11.1 Å². The van der Waals surface area contributed by atoms with Crippen LogP contribution in [0.2, 0.25) is 0 Å². The molecular formula is C22H20N8O4S5. The second-order valence-electron chi connectivity index (χ2n) is 7.06. The van der Waals surface area contributed by atoms with Crippen molar-refractivity contribution in [1.82, 2.24) is 42.5 Å². The van der Waals surface area contributed by atoms with Crippen LogP contribution in [0.3, 0.4) is 0 Å². The number of thioether (sulfide) groups is 2. The molecule has 0 aliphatic rings. The fraction of sp³-hybridized carbons (Fsp3) is 0.0909. The zero-order valence-corrected chi connectivity index (χ0v) is 23.8. The van der Waals surface area contributed by atoms with Crippen LogP contribution in [-0.2, 0) is 9.59 Å². The van der Waals surface area contributed by atoms with Gasteiger partial charge in [-0.1, -0.05) is 71.3 Å². The Labute approximate surface area is 245 Å². The van der Waals surface area contributed by atoms with Crippen LogP contribution < -0.4 is 32.3 Å². The number of nitrogens with zero attached hydrogens (tertiary/aromatic N) is 2.